The molecule has 0 radical (unpaired) electrons. The molecule has 1 atom stereocenters. The van der Waals surface area contributed by atoms with Gasteiger partial charge in [0, 0.05) is 6.61 Å². The van der Waals surface area contributed by atoms with Crippen LogP contribution in [0.3, 0.4) is 0 Å². The van der Waals surface area contributed by atoms with Crippen LogP contribution in [0.25, 0.3) is 0 Å². The van der Waals surface area contributed by atoms with Crippen molar-refractivity contribution in [3.63, 3.8) is 0 Å². The highest BCUT2D eigenvalue weighted by molar-refractivity contribution is 4.76. The van der Waals surface area contributed by atoms with E-state index in [-0.39, 0.29) is 6.10 Å². The van der Waals surface area contributed by atoms with Gasteiger partial charge in [-0.1, -0.05) is 13.8 Å². The largest absolute Gasteiger partial charge is 0.377 e. The first-order chi connectivity index (χ1) is 5.20. The summed E-state index contributed by atoms with van der Waals surface area (Å²) < 4.78 is 5.37. The molecule has 0 fully saturated rings. The molecule has 0 rings (SSSR count). The van der Waals surface area contributed by atoms with Crippen LogP contribution in [0.1, 0.15) is 33.6 Å². The Morgan fingerprint density at radius 1 is 1.45 bits per heavy atom. The Balaban J connectivity index is 3.61. The molecule has 0 N–H and O–H groups in total. The molecule has 1 unspecified atom stereocenters. The summed E-state index contributed by atoms with van der Waals surface area (Å²) in [6.07, 6.45) is 1.65. The predicted molar refractivity (Wildman–Crippen MR) is 45.1 cm³/mol. The Bertz CT molecular complexity index is 126. The van der Waals surface area contributed by atoms with Crippen LogP contribution in [0.15, 0.2) is 0 Å². The fourth-order valence-corrected chi connectivity index (χ4v) is 1.07. The molecular formula is C9H17NO. The third-order valence-corrected chi connectivity index (χ3v) is 1.46. The van der Waals surface area contributed by atoms with Crippen LogP contribution < -0.4 is 0 Å². The zero-order valence-electron chi connectivity index (χ0n) is 7.63. The molecular weight excluding hydrogens is 138 g/mol. The summed E-state index contributed by atoms with van der Waals surface area (Å²) in [4.78, 5) is 0. The van der Waals surface area contributed by atoms with Crippen LogP contribution in [0.2, 0.25) is 0 Å². The summed E-state index contributed by atoms with van der Waals surface area (Å²) in [6.45, 7) is 6.95. The molecule has 0 saturated carbocycles. The third-order valence-electron chi connectivity index (χ3n) is 1.46. The van der Waals surface area contributed by atoms with Crippen molar-refractivity contribution >= 4 is 0 Å². The van der Waals surface area contributed by atoms with Gasteiger partial charge >= 0.3 is 0 Å². The highest BCUT2D eigenvalue weighted by atomic mass is 16.5. The highest BCUT2D eigenvalue weighted by Gasteiger charge is 2.09. The lowest BCUT2D eigenvalue weighted by Crippen LogP contribution is -2.14. The zero-order chi connectivity index (χ0) is 8.69. The van der Waals surface area contributed by atoms with Crippen LogP contribution in [-0.4, -0.2) is 12.7 Å². The topological polar surface area (TPSA) is 33.0 Å². The van der Waals surface area contributed by atoms with E-state index in [0.29, 0.717) is 18.9 Å². The van der Waals surface area contributed by atoms with Crippen molar-refractivity contribution in [3.05, 3.63) is 0 Å². The summed E-state index contributed by atoms with van der Waals surface area (Å²) in [6, 6.07) is 2.13. The molecule has 2 heteroatoms. The minimum atomic E-state index is 0.144. The fourth-order valence-electron chi connectivity index (χ4n) is 1.07. The van der Waals surface area contributed by atoms with E-state index in [0.717, 1.165) is 6.42 Å². The van der Waals surface area contributed by atoms with Crippen LogP contribution in [-0.2, 0) is 4.74 Å². The highest BCUT2D eigenvalue weighted by Crippen LogP contribution is 2.10. The molecule has 0 aromatic carbocycles. The van der Waals surface area contributed by atoms with Gasteiger partial charge in [0.1, 0.15) is 0 Å². The first-order valence-electron chi connectivity index (χ1n) is 4.19. The van der Waals surface area contributed by atoms with Crippen molar-refractivity contribution in [2.24, 2.45) is 5.92 Å². The van der Waals surface area contributed by atoms with Gasteiger partial charge in [0.25, 0.3) is 0 Å². The van der Waals surface area contributed by atoms with Gasteiger partial charge in [0.2, 0.25) is 0 Å². The van der Waals surface area contributed by atoms with Crippen molar-refractivity contribution in [1.82, 2.24) is 0 Å². The van der Waals surface area contributed by atoms with Crippen LogP contribution in [0, 0.1) is 17.2 Å². The normalized spacial score (nSPS) is 13.0. The van der Waals surface area contributed by atoms with E-state index in [1.54, 1.807) is 0 Å². The summed E-state index contributed by atoms with van der Waals surface area (Å²) in [7, 11) is 0. The van der Waals surface area contributed by atoms with Gasteiger partial charge in [-0.05, 0) is 19.3 Å². The van der Waals surface area contributed by atoms with Gasteiger partial charge in [-0.2, -0.15) is 5.26 Å². The molecule has 0 aromatic rings. The first-order valence-corrected chi connectivity index (χ1v) is 4.19. The second-order valence-electron chi connectivity index (χ2n) is 3.07. The van der Waals surface area contributed by atoms with E-state index < -0.39 is 0 Å². The first kappa shape index (κ1) is 10.4. The SMILES string of the molecule is CCOC(CC#N)CC(C)C. The van der Waals surface area contributed by atoms with E-state index in [1.807, 2.05) is 6.92 Å². The Hall–Kier alpha value is -0.550. The molecule has 0 heterocycles. The van der Waals surface area contributed by atoms with Crippen molar-refractivity contribution in [3.8, 4) is 6.07 Å². The predicted octanol–water partition coefficient (Wildman–Crippen LogP) is 2.35. The smallest absolute Gasteiger partial charge is 0.0707 e. The minimum absolute atomic E-state index is 0.144. The summed E-state index contributed by atoms with van der Waals surface area (Å²) >= 11 is 0. The number of rotatable bonds is 5. The zero-order valence-corrected chi connectivity index (χ0v) is 7.63. The lowest BCUT2D eigenvalue weighted by Gasteiger charge is -2.15. The molecule has 2 nitrogen and oxygen atoms in total. The molecule has 0 aliphatic rings. The van der Waals surface area contributed by atoms with Gasteiger partial charge in [-0.3, -0.25) is 0 Å². The van der Waals surface area contributed by atoms with E-state index in [1.165, 1.54) is 0 Å². The molecule has 0 bridgehead atoms. The Kier molecular flexibility index (Phi) is 5.87. The average Bonchev–Trinajstić information content (AvgIpc) is 1.87. The molecule has 64 valence electrons. The van der Waals surface area contributed by atoms with E-state index in [2.05, 4.69) is 19.9 Å². The van der Waals surface area contributed by atoms with E-state index >= 15 is 0 Å². The maximum absolute atomic E-state index is 8.45. The van der Waals surface area contributed by atoms with Crippen molar-refractivity contribution in [1.29, 1.82) is 5.26 Å². The van der Waals surface area contributed by atoms with E-state index in [4.69, 9.17) is 10.00 Å². The van der Waals surface area contributed by atoms with Crippen LogP contribution >= 0.6 is 0 Å². The van der Waals surface area contributed by atoms with Crippen LogP contribution in [0.5, 0.6) is 0 Å². The minimum Gasteiger partial charge on any atom is -0.377 e. The molecule has 0 saturated heterocycles. The second kappa shape index (κ2) is 6.18. The van der Waals surface area contributed by atoms with Gasteiger partial charge < -0.3 is 4.74 Å². The van der Waals surface area contributed by atoms with Crippen molar-refractivity contribution in [2.75, 3.05) is 6.61 Å². The quantitative estimate of drug-likeness (QED) is 0.610. The molecule has 0 aliphatic heterocycles. The number of ether oxygens (including phenoxy) is 1. The second-order valence-corrected chi connectivity index (χ2v) is 3.07. The van der Waals surface area contributed by atoms with Crippen molar-refractivity contribution < 1.29 is 4.74 Å². The Labute approximate surface area is 69.2 Å². The number of nitrogens with zero attached hydrogens (tertiary/aromatic N) is 1. The molecule has 0 aromatic heterocycles. The maximum Gasteiger partial charge on any atom is 0.0707 e. The molecule has 0 spiro atoms. The summed E-state index contributed by atoms with van der Waals surface area (Å²) in [5.41, 5.74) is 0. The summed E-state index contributed by atoms with van der Waals surface area (Å²) in [5, 5.41) is 8.45. The molecule has 11 heavy (non-hydrogen) atoms. The lowest BCUT2D eigenvalue weighted by molar-refractivity contribution is 0.0515. The Morgan fingerprint density at radius 3 is 2.45 bits per heavy atom. The monoisotopic (exact) mass is 155 g/mol. The standard InChI is InChI=1S/C9H17NO/c1-4-11-9(5-6-10)7-8(2)3/h8-9H,4-5,7H2,1-3H3. The maximum atomic E-state index is 8.45. The lowest BCUT2D eigenvalue weighted by atomic mass is 10.0. The van der Waals surface area contributed by atoms with Gasteiger partial charge in [0.05, 0.1) is 18.6 Å². The third kappa shape index (κ3) is 5.87. The Morgan fingerprint density at radius 2 is 2.09 bits per heavy atom. The number of hydrogen-bond donors (Lipinski definition) is 0. The van der Waals surface area contributed by atoms with Gasteiger partial charge in [-0.15, -0.1) is 0 Å². The van der Waals surface area contributed by atoms with Crippen LogP contribution in [0.4, 0.5) is 0 Å². The van der Waals surface area contributed by atoms with E-state index in [9.17, 15) is 0 Å². The average molecular weight is 155 g/mol. The number of hydrogen-bond acceptors (Lipinski definition) is 2. The van der Waals surface area contributed by atoms with Crippen molar-refractivity contribution in [2.45, 2.75) is 39.7 Å². The molecule has 0 aliphatic carbocycles. The number of nitriles is 1. The summed E-state index contributed by atoms with van der Waals surface area (Å²) in [5.74, 6) is 0.611. The fraction of sp³-hybridized carbons (Fsp3) is 0.889. The van der Waals surface area contributed by atoms with Gasteiger partial charge in [0.15, 0.2) is 0 Å². The molecule has 0 amide bonds. The van der Waals surface area contributed by atoms with Gasteiger partial charge in [-0.25, -0.2) is 0 Å².